The Balaban J connectivity index is 1.35. The van der Waals surface area contributed by atoms with Crippen molar-refractivity contribution in [2.45, 2.75) is 45.6 Å². The highest BCUT2D eigenvalue weighted by Gasteiger charge is 1.99. The second kappa shape index (κ2) is 12.6. The Labute approximate surface area is 181 Å². The van der Waals surface area contributed by atoms with Gasteiger partial charge in [-0.1, -0.05) is 62.2 Å². The molecule has 0 amide bonds. The van der Waals surface area contributed by atoms with Crippen LogP contribution < -0.4 is 14.8 Å². The molecule has 0 heterocycles. The molecule has 3 aromatic rings. The molecule has 3 rings (SSSR count). The molecule has 0 aliphatic rings. The Hall–Kier alpha value is -2.94. The van der Waals surface area contributed by atoms with Gasteiger partial charge in [0.05, 0.1) is 13.2 Å². The summed E-state index contributed by atoms with van der Waals surface area (Å²) in [4.78, 5) is 0. The van der Waals surface area contributed by atoms with Gasteiger partial charge in [0, 0.05) is 12.2 Å². The van der Waals surface area contributed by atoms with E-state index in [1.807, 2.05) is 12.1 Å². The number of rotatable bonds is 13. The van der Waals surface area contributed by atoms with Gasteiger partial charge in [0.2, 0.25) is 0 Å². The molecular formula is C27H33NO2. The van der Waals surface area contributed by atoms with Gasteiger partial charge in [-0.15, -0.1) is 0 Å². The van der Waals surface area contributed by atoms with E-state index in [0.29, 0.717) is 0 Å². The molecule has 0 atom stereocenters. The third-order valence-corrected chi connectivity index (χ3v) is 5.01. The Morgan fingerprint density at radius 3 is 1.93 bits per heavy atom. The van der Waals surface area contributed by atoms with Crippen molar-refractivity contribution in [2.24, 2.45) is 0 Å². The van der Waals surface area contributed by atoms with Crippen LogP contribution in [0.4, 0.5) is 5.69 Å². The lowest BCUT2D eigenvalue weighted by molar-refractivity contribution is 0.306. The summed E-state index contributed by atoms with van der Waals surface area (Å²) < 4.78 is 11.6. The van der Waals surface area contributed by atoms with Gasteiger partial charge >= 0.3 is 0 Å². The molecule has 0 radical (unpaired) electrons. The summed E-state index contributed by atoms with van der Waals surface area (Å²) in [5.41, 5.74) is 3.68. The maximum atomic E-state index is 5.86. The van der Waals surface area contributed by atoms with Gasteiger partial charge in [0.15, 0.2) is 0 Å². The van der Waals surface area contributed by atoms with Gasteiger partial charge < -0.3 is 14.8 Å². The number of anilines is 1. The zero-order valence-corrected chi connectivity index (χ0v) is 18.0. The molecule has 0 fully saturated rings. The van der Waals surface area contributed by atoms with Gasteiger partial charge in [0.1, 0.15) is 11.5 Å². The van der Waals surface area contributed by atoms with Crippen molar-refractivity contribution in [3.8, 4) is 11.5 Å². The fourth-order valence-corrected chi connectivity index (χ4v) is 3.23. The van der Waals surface area contributed by atoms with Crippen LogP contribution in [0.25, 0.3) is 0 Å². The van der Waals surface area contributed by atoms with Crippen LogP contribution in [-0.4, -0.2) is 13.2 Å². The first-order valence-electron chi connectivity index (χ1n) is 11.1. The maximum Gasteiger partial charge on any atom is 0.119 e. The minimum absolute atomic E-state index is 0.731. The highest BCUT2D eigenvalue weighted by Crippen LogP contribution is 2.18. The Bertz CT molecular complexity index is 829. The number of ether oxygens (including phenoxy) is 2. The van der Waals surface area contributed by atoms with Gasteiger partial charge in [-0.05, 0) is 66.8 Å². The molecule has 0 saturated heterocycles. The molecular weight excluding hydrogens is 370 g/mol. The van der Waals surface area contributed by atoms with E-state index in [-0.39, 0.29) is 0 Å². The van der Waals surface area contributed by atoms with Gasteiger partial charge in [-0.25, -0.2) is 0 Å². The van der Waals surface area contributed by atoms with Crippen LogP contribution in [0.2, 0.25) is 0 Å². The van der Waals surface area contributed by atoms with Crippen molar-refractivity contribution >= 4 is 5.69 Å². The molecule has 1 N–H and O–H groups in total. The van der Waals surface area contributed by atoms with Gasteiger partial charge in [0.25, 0.3) is 0 Å². The fraction of sp³-hybridized carbons (Fsp3) is 0.333. The van der Waals surface area contributed by atoms with Crippen molar-refractivity contribution in [3.63, 3.8) is 0 Å². The highest BCUT2D eigenvalue weighted by atomic mass is 16.5. The topological polar surface area (TPSA) is 30.5 Å². The van der Waals surface area contributed by atoms with Crippen LogP contribution in [0.3, 0.4) is 0 Å². The number of nitrogens with one attached hydrogen (secondary N) is 1. The van der Waals surface area contributed by atoms with E-state index in [0.717, 1.165) is 56.2 Å². The predicted octanol–water partition coefficient (Wildman–Crippen LogP) is 6.88. The molecule has 3 nitrogen and oxygen atoms in total. The maximum absolute atomic E-state index is 5.86. The smallest absolute Gasteiger partial charge is 0.119 e. The summed E-state index contributed by atoms with van der Waals surface area (Å²) in [6.45, 7) is 4.52. The van der Waals surface area contributed by atoms with E-state index >= 15 is 0 Å². The van der Waals surface area contributed by atoms with E-state index in [1.165, 1.54) is 24.0 Å². The monoisotopic (exact) mass is 403 g/mol. The SMILES string of the molecule is CCCCCOc1ccc(CNc2ccc(OCCCc3ccccc3)cc2)cc1. The Morgan fingerprint density at radius 1 is 0.633 bits per heavy atom. The predicted molar refractivity (Wildman–Crippen MR) is 125 cm³/mol. The van der Waals surface area contributed by atoms with E-state index in [4.69, 9.17) is 9.47 Å². The normalized spacial score (nSPS) is 10.6. The number of benzene rings is 3. The quantitative estimate of drug-likeness (QED) is 0.316. The Morgan fingerprint density at radius 2 is 1.27 bits per heavy atom. The second-order valence-electron chi connectivity index (χ2n) is 7.52. The molecule has 30 heavy (non-hydrogen) atoms. The van der Waals surface area contributed by atoms with Crippen LogP contribution in [0.5, 0.6) is 11.5 Å². The Kier molecular flexibility index (Phi) is 9.13. The summed E-state index contributed by atoms with van der Waals surface area (Å²) in [6, 6.07) is 27.1. The standard InChI is InChI=1S/C27H33NO2/c1-2-3-7-20-29-26-16-12-24(13-17-26)22-28-25-14-18-27(19-15-25)30-21-8-11-23-9-5-4-6-10-23/h4-6,9-10,12-19,28H,2-3,7-8,11,20-22H2,1H3. The lowest BCUT2D eigenvalue weighted by Crippen LogP contribution is -2.01. The van der Waals surface area contributed by atoms with Crippen LogP contribution in [0.1, 0.15) is 43.7 Å². The number of unbranched alkanes of at least 4 members (excludes halogenated alkanes) is 2. The third kappa shape index (κ3) is 7.82. The van der Waals surface area contributed by atoms with Crippen molar-refractivity contribution in [3.05, 3.63) is 90.0 Å². The average Bonchev–Trinajstić information content (AvgIpc) is 2.80. The highest BCUT2D eigenvalue weighted by molar-refractivity contribution is 5.47. The lowest BCUT2D eigenvalue weighted by Gasteiger charge is -2.10. The molecule has 158 valence electrons. The van der Waals surface area contributed by atoms with Crippen LogP contribution in [0.15, 0.2) is 78.9 Å². The number of aryl methyl sites for hydroxylation is 1. The first-order valence-corrected chi connectivity index (χ1v) is 11.1. The van der Waals surface area contributed by atoms with E-state index in [9.17, 15) is 0 Å². The zero-order chi connectivity index (χ0) is 20.9. The molecule has 3 heteroatoms. The van der Waals surface area contributed by atoms with E-state index in [1.54, 1.807) is 0 Å². The van der Waals surface area contributed by atoms with Gasteiger partial charge in [-0.3, -0.25) is 0 Å². The summed E-state index contributed by atoms with van der Waals surface area (Å²) in [6.07, 6.45) is 5.62. The van der Waals surface area contributed by atoms with E-state index < -0.39 is 0 Å². The number of hydrogen-bond acceptors (Lipinski definition) is 3. The van der Waals surface area contributed by atoms with Crippen LogP contribution >= 0.6 is 0 Å². The van der Waals surface area contributed by atoms with Crippen molar-refractivity contribution in [1.82, 2.24) is 0 Å². The van der Waals surface area contributed by atoms with Crippen LogP contribution in [-0.2, 0) is 13.0 Å². The molecule has 0 aliphatic carbocycles. The summed E-state index contributed by atoms with van der Waals surface area (Å²) >= 11 is 0. The second-order valence-corrected chi connectivity index (χ2v) is 7.52. The first-order chi connectivity index (χ1) is 14.8. The third-order valence-electron chi connectivity index (χ3n) is 5.01. The van der Waals surface area contributed by atoms with E-state index in [2.05, 4.69) is 79.0 Å². The minimum Gasteiger partial charge on any atom is -0.494 e. The summed E-state index contributed by atoms with van der Waals surface area (Å²) in [5.74, 6) is 1.86. The molecule has 0 aromatic heterocycles. The molecule has 0 spiro atoms. The van der Waals surface area contributed by atoms with Gasteiger partial charge in [-0.2, -0.15) is 0 Å². The molecule has 0 unspecified atom stereocenters. The molecule has 0 aliphatic heterocycles. The summed E-state index contributed by atoms with van der Waals surface area (Å²) in [7, 11) is 0. The average molecular weight is 404 g/mol. The fourth-order valence-electron chi connectivity index (χ4n) is 3.23. The van der Waals surface area contributed by atoms with Crippen LogP contribution in [0, 0.1) is 0 Å². The largest absolute Gasteiger partial charge is 0.494 e. The van der Waals surface area contributed by atoms with Crippen molar-refractivity contribution < 1.29 is 9.47 Å². The molecule has 0 bridgehead atoms. The number of hydrogen-bond donors (Lipinski definition) is 1. The minimum atomic E-state index is 0.731. The first kappa shape index (κ1) is 21.8. The summed E-state index contributed by atoms with van der Waals surface area (Å²) in [5, 5.41) is 3.46. The molecule has 3 aromatic carbocycles. The lowest BCUT2D eigenvalue weighted by atomic mass is 10.1. The molecule has 0 saturated carbocycles. The zero-order valence-electron chi connectivity index (χ0n) is 18.0. The van der Waals surface area contributed by atoms with Crippen molar-refractivity contribution in [2.75, 3.05) is 18.5 Å². The van der Waals surface area contributed by atoms with Crippen molar-refractivity contribution in [1.29, 1.82) is 0 Å².